The maximum atomic E-state index is 13.4. The number of allylic oxidation sites excluding steroid dienone is 2. The number of H-pyrrole nitrogens is 1. The van der Waals surface area contributed by atoms with Crippen LogP contribution in [0.25, 0.3) is 33.0 Å². The second-order valence-corrected chi connectivity index (χ2v) is 17.4. The van der Waals surface area contributed by atoms with Gasteiger partial charge in [-0.15, -0.1) is 0 Å². The number of para-hydroxylation sites is 1. The number of hydrogen-bond acceptors (Lipinski definition) is 3. The van der Waals surface area contributed by atoms with E-state index in [1.807, 2.05) is 43.6 Å². The molecular weight excluding hydrogens is 561 g/mol. The third kappa shape index (κ3) is 4.36. The molecule has 1 aliphatic heterocycles. The fourth-order valence-electron chi connectivity index (χ4n) is 6.03. The van der Waals surface area contributed by atoms with Crippen LogP contribution in [0, 0.1) is 5.92 Å². The number of carbonyl (C=O) groups excluding carboxylic acids is 2. The molecule has 2 aromatic carbocycles. The summed E-state index contributed by atoms with van der Waals surface area (Å²) in [6, 6.07) is 13.3. The highest BCUT2D eigenvalue weighted by Crippen LogP contribution is 2.47. The Kier molecular flexibility index (Phi) is 6.42. The van der Waals surface area contributed by atoms with Crippen molar-refractivity contribution in [3.8, 4) is 0 Å². The molecule has 2 aromatic heterocycles. The van der Waals surface area contributed by atoms with Gasteiger partial charge in [0.15, 0.2) is 8.32 Å². The van der Waals surface area contributed by atoms with Crippen LogP contribution < -0.4 is 5.32 Å². The zero-order valence-corrected chi connectivity index (χ0v) is 25.3. The van der Waals surface area contributed by atoms with Gasteiger partial charge in [0.05, 0.1) is 17.2 Å². The van der Waals surface area contributed by atoms with E-state index in [0.29, 0.717) is 33.2 Å². The number of benzene rings is 2. The van der Waals surface area contributed by atoms with Gasteiger partial charge in [-0.05, 0) is 55.1 Å². The molecule has 6 rings (SSSR count). The van der Waals surface area contributed by atoms with Crippen LogP contribution in [0.3, 0.4) is 0 Å². The first-order chi connectivity index (χ1) is 18.9. The molecule has 1 aliphatic carbocycles. The molecule has 2 amide bonds. The zero-order valence-electron chi connectivity index (χ0n) is 22.8. The first-order valence-electron chi connectivity index (χ1n) is 13.4. The number of rotatable bonds is 6. The highest BCUT2D eigenvalue weighted by Gasteiger charge is 2.41. The number of aromatic amines is 1. The van der Waals surface area contributed by atoms with Crippen molar-refractivity contribution in [2.75, 3.05) is 0 Å². The summed E-state index contributed by atoms with van der Waals surface area (Å²) >= 11 is 12.8. The van der Waals surface area contributed by atoms with Crippen LogP contribution in [0.5, 0.6) is 0 Å². The molecule has 0 saturated carbocycles. The lowest BCUT2D eigenvalue weighted by atomic mass is 9.95. The number of hydrogen-bond donors (Lipinski definition) is 3. The van der Waals surface area contributed by atoms with Crippen LogP contribution >= 0.6 is 23.2 Å². The first kappa shape index (κ1) is 27.1. The summed E-state index contributed by atoms with van der Waals surface area (Å²) in [4.78, 5) is 40.5. The molecule has 4 aromatic rings. The van der Waals surface area contributed by atoms with Crippen LogP contribution in [0.2, 0.25) is 28.3 Å². The van der Waals surface area contributed by atoms with Gasteiger partial charge in [-0.3, -0.25) is 14.9 Å². The molecule has 40 heavy (non-hydrogen) atoms. The van der Waals surface area contributed by atoms with E-state index in [1.54, 1.807) is 18.2 Å². The molecule has 0 spiro atoms. The largest absolute Gasteiger partial charge is 0.432 e. The predicted molar refractivity (Wildman–Crippen MR) is 165 cm³/mol. The van der Waals surface area contributed by atoms with Crippen molar-refractivity contribution in [1.29, 1.82) is 0 Å². The van der Waals surface area contributed by atoms with E-state index in [2.05, 4.69) is 40.9 Å². The van der Waals surface area contributed by atoms with E-state index in [4.69, 9.17) is 23.2 Å². The smallest absolute Gasteiger partial charge is 0.259 e. The fraction of sp³-hybridized carbons (Fsp3) is 0.290. The highest BCUT2D eigenvalue weighted by molar-refractivity contribution is 6.72. The Hall–Kier alpha value is -3.10. The van der Waals surface area contributed by atoms with Gasteiger partial charge in [-0.25, -0.2) is 0 Å². The quantitative estimate of drug-likeness (QED) is 0.123. The van der Waals surface area contributed by atoms with E-state index in [0.717, 1.165) is 29.1 Å². The Morgan fingerprint density at radius 3 is 2.50 bits per heavy atom. The van der Waals surface area contributed by atoms with Crippen molar-refractivity contribution in [2.45, 2.75) is 50.9 Å². The number of aromatic nitrogens is 2. The summed E-state index contributed by atoms with van der Waals surface area (Å²) in [5.41, 5.74) is 3.41. The van der Waals surface area contributed by atoms with E-state index in [-0.39, 0.29) is 21.8 Å². The maximum absolute atomic E-state index is 13.4. The Balaban J connectivity index is 1.47. The molecule has 3 N–H and O–H groups in total. The van der Waals surface area contributed by atoms with Gasteiger partial charge < -0.3 is 14.3 Å². The van der Waals surface area contributed by atoms with Gasteiger partial charge in [0.25, 0.3) is 11.8 Å². The van der Waals surface area contributed by atoms with Crippen LogP contribution in [0.1, 0.15) is 43.9 Å². The van der Waals surface area contributed by atoms with Gasteiger partial charge in [0.2, 0.25) is 0 Å². The average molecular weight is 593 g/mol. The number of amides is 2. The number of fused-ring (bicyclic) bond motifs is 2. The Labute approximate surface area is 243 Å². The van der Waals surface area contributed by atoms with Crippen molar-refractivity contribution in [1.82, 2.24) is 14.9 Å². The number of nitrogens with zero attached hydrogens (tertiary/aromatic N) is 1. The third-order valence-electron chi connectivity index (χ3n) is 8.84. The molecule has 2 aliphatic rings. The molecule has 0 bridgehead atoms. The Bertz CT molecular complexity index is 1770. The number of halogens is 2. The molecule has 9 heteroatoms. The Morgan fingerprint density at radius 1 is 1.02 bits per heavy atom. The van der Waals surface area contributed by atoms with Crippen LogP contribution in [0.4, 0.5) is 0 Å². The van der Waals surface area contributed by atoms with Crippen molar-refractivity contribution in [2.24, 2.45) is 5.92 Å². The fourth-order valence-corrected chi connectivity index (χ4v) is 7.26. The molecule has 0 fully saturated rings. The average Bonchev–Trinajstić information content (AvgIpc) is 3.61. The molecule has 0 saturated heterocycles. The number of carbonyl (C=O) groups is 2. The van der Waals surface area contributed by atoms with Crippen molar-refractivity contribution < 1.29 is 14.4 Å². The lowest BCUT2D eigenvalue weighted by Gasteiger charge is -2.37. The SMILES string of the molecule is CC(C)(CC1C=CC(n2cc(C3=C(c4c(Cl)[nH]c5cc(Cl)ccc45)C(=O)NC3=O)c3ccccc32)C1)[Si](C)(C)O. The summed E-state index contributed by atoms with van der Waals surface area (Å²) in [5.74, 6) is -0.584. The summed E-state index contributed by atoms with van der Waals surface area (Å²) in [5, 5.41) is 4.81. The second-order valence-electron chi connectivity index (χ2n) is 12.1. The zero-order chi connectivity index (χ0) is 28.6. The lowest BCUT2D eigenvalue weighted by molar-refractivity contribution is -0.122. The van der Waals surface area contributed by atoms with E-state index >= 15 is 0 Å². The summed E-state index contributed by atoms with van der Waals surface area (Å²) in [6.07, 6.45) is 8.28. The molecule has 2 unspecified atom stereocenters. The first-order valence-corrected chi connectivity index (χ1v) is 17.1. The van der Waals surface area contributed by atoms with Crippen molar-refractivity contribution in [3.05, 3.63) is 82.1 Å². The van der Waals surface area contributed by atoms with E-state index in [9.17, 15) is 14.4 Å². The normalized spacial score (nSPS) is 20.0. The van der Waals surface area contributed by atoms with Gasteiger partial charge in [-0.2, -0.15) is 0 Å². The number of nitrogens with one attached hydrogen (secondary N) is 2. The molecule has 6 nitrogen and oxygen atoms in total. The van der Waals surface area contributed by atoms with E-state index < -0.39 is 20.1 Å². The van der Waals surface area contributed by atoms with Gasteiger partial charge in [0.1, 0.15) is 5.15 Å². The second kappa shape index (κ2) is 9.48. The highest BCUT2D eigenvalue weighted by atomic mass is 35.5. The van der Waals surface area contributed by atoms with Crippen molar-refractivity contribution >= 4 is 76.3 Å². The molecule has 3 heterocycles. The third-order valence-corrected chi connectivity index (χ3v) is 12.9. The van der Waals surface area contributed by atoms with E-state index in [1.165, 1.54) is 0 Å². The monoisotopic (exact) mass is 591 g/mol. The van der Waals surface area contributed by atoms with Crippen molar-refractivity contribution in [3.63, 3.8) is 0 Å². The summed E-state index contributed by atoms with van der Waals surface area (Å²) in [6.45, 7) is 8.33. The minimum atomic E-state index is -2.33. The predicted octanol–water partition coefficient (Wildman–Crippen LogP) is 7.48. The summed E-state index contributed by atoms with van der Waals surface area (Å²) < 4.78 is 2.20. The van der Waals surface area contributed by atoms with Gasteiger partial charge >= 0.3 is 0 Å². The molecule has 0 radical (unpaired) electrons. The molecule has 2 atom stereocenters. The standard InChI is InChI=1S/C31H31Cl2N3O3Si/c1-31(2,40(3,4)39)15-17-9-11-19(13-17)36-16-22(20-7-5-6-8-24(20)36)26-27(30(38)35-29(26)37)25-21-12-10-18(32)14-23(21)34-28(25)33/h5-12,14,16-17,19,34,39H,13,15H2,1-4H3,(H,35,37,38). The van der Waals surface area contributed by atoms with Gasteiger partial charge in [-0.1, -0.05) is 73.5 Å². The maximum Gasteiger partial charge on any atom is 0.259 e. The van der Waals surface area contributed by atoms with Crippen LogP contribution in [0.15, 0.2) is 60.8 Å². The lowest BCUT2D eigenvalue weighted by Crippen LogP contribution is -2.39. The van der Waals surface area contributed by atoms with Gasteiger partial charge in [0, 0.05) is 44.2 Å². The minimum absolute atomic E-state index is 0.0888. The molecule has 206 valence electrons. The summed E-state index contributed by atoms with van der Waals surface area (Å²) in [7, 11) is -2.33. The number of imide groups is 1. The topological polar surface area (TPSA) is 87.1 Å². The Morgan fingerprint density at radius 2 is 1.75 bits per heavy atom. The molecular formula is C31H31Cl2N3O3Si. The van der Waals surface area contributed by atoms with Crippen LogP contribution in [-0.2, 0) is 9.59 Å². The minimum Gasteiger partial charge on any atom is -0.432 e. The van der Waals surface area contributed by atoms with Crippen LogP contribution in [-0.4, -0.2) is 34.5 Å².